The number of ether oxygens (including phenoxy) is 1. The molecule has 3 rings (SSSR count). The number of nitrogens with one attached hydrogen (secondary N) is 1. The topological polar surface area (TPSA) is 58.6 Å². The van der Waals surface area contributed by atoms with Crippen molar-refractivity contribution < 1.29 is 18.7 Å². The van der Waals surface area contributed by atoms with Crippen LogP contribution >= 0.6 is 11.8 Å². The van der Waals surface area contributed by atoms with Crippen molar-refractivity contribution in [3.05, 3.63) is 101 Å². The van der Waals surface area contributed by atoms with E-state index in [0.717, 1.165) is 22.4 Å². The molecular formula is C30H35FN2O3S. The van der Waals surface area contributed by atoms with Gasteiger partial charge in [-0.3, -0.25) is 9.59 Å². The van der Waals surface area contributed by atoms with Gasteiger partial charge in [-0.15, -0.1) is 11.8 Å². The second-order valence-corrected chi connectivity index (χ2v) is 10.3. The number of hydrogen-bond donors (Lipinski definition) is 1. The van der Waals surface area contributed by atoms with Gasteiger partial charge in [0.15, 0.2) is 0 Å². The van der Waals surface area contributed by atoms with Crippen LogP contribution in [0.25, 0.3) is 0 Å². The van der Waals surface area contributed by atoms with Gasteiger partial charge in [0.25, 0.3) is 0 Å². The van der Waals surface area contributed by atoms with E-state index in [1.165, 1.54) is 23.9 Å². The number of amides is 2. The summed E-state index contributed by atoms with van der Waals surface area (Å²) in [6, 6.07) is 22.8. The third-order valence-electron chi connectivity index (χ3n) is 5.88. The number of carbonyl (C=O) groups is 2. The first-order valence-corrected chi connectivity index (χ1v) is 13.6. The molecule has 0 saturated heterocycles. The molecule has 0 aliphatic carbocycles. The molecule has 0 aliphatic rings. The lowest BCUT2D eigenvalue weighted by molar-refractivity contribution is -0.139. The number of nitrogens with zero attached hydrogens (tertiary/aromatic N) is 1. The molecule has 0 fully saturated rings. The van der Waals surface area contributed by atoms with Crippen molar-refractivity contribution >= 4 is 23.6 Å². The Morgan fingerprint density at radius 1 is 0.919 bits per heavy atom. The van der Waals surface area contributed by atoms with Crippen LogP contribution in [-0.4, -0.2) is 42.2 Å². The molecule has 0 spiro atoms. The number of carbonyl (C=O) groups excluding carboxylic acids is 2. The van der Waals surface area contributed by atoms with Crippen molar-refractivity contribution in [2.24, 2.45) is 5.92 Å². The highest BCUT2D eigenvalue weighted by atomic mass is 32.2. The first-order valence-electron chi connectivity index (χ1n) is 12.4. The highest BCUT2D eigenvalue weighted by Gasteiger charge is 2.30. The summed E-state index contributed by atoms with van der Waals surface area (Å²) in [5.41, 5.74) is 2.82. The summed E-state index contributed by atoms with van der Waals surface area (Å²) >= 11 is 1.50. The summed E-state index contributed by atoms with van der Waals surface area (Å²) in [5.74, 6) is 1.27. The highest BCUT2D eigenvalue weighted by molar-refractivity contribution is 7.99. The fraction of sp³-hybridized carbons (Fsp3) is 0.333. The van der Waals surface area contributed by atoms with Gasteiger partial charge in [-0.2, -0.15) is 0 Å². The zero-order valence-electron chi connectivity index (χ0n) is 21.7. The van der Waals surface area contributed by atoms with Crippen molar-refractivity contribution in [2.75, 3.05) is 19.4 Å². The van der Waals surface area contributed by atoms with Crippen LogP contribution < -0.4 is 10.1 Å². The van der Waals surface area contributed by atoms with Crippen molar-refractivity contribution in [2.45, 2.75) is 38.6 Å². The summed E-state index contributed by atoms with van der Waals surface area (Å²) in [6.07, 6.45) is 0.390. The van der Waals surface area contributed by atoms with Crippen molar-refractivity contribution in [3.63, 3.8) is 0 Å². The fourth-order valence-corrected chi connectivity index (χ4v) is 4.69. The van der Waals surface area contributed by atoms with E-state index >= 15 is 0 Å². The molecule has 0 aliphatic heterocycles. The van der Waals surface area contributed by atoms with Gasteiger partial charge in [-0.25, -0.2) is 4.39 Å². The Labute approximate surface area is 223 Å². The Morgan fingerprint density at radius 3 is 2.19 bits per heavy atom. The van der Waals surface area contributed by atoms with E-state index in [1.54, 1.807) is 24.1 Å². The van der Waals surface area contributed by atoms with Crippen LogP contribution in [-0.2, 0) is 28.3 Å². The molecule has 3 aromatic carbocycles. The molecule has 5 nitrogen and oxygen atoms in total. The summed E-state index contributed by atoms with van der Waals surface area (Å²) < 4.78 is 18.8. The SMILES string of the molecule is COc1ccc(CSCC(=O)N(Cc2ccc(F)cc2)[C@@H](Cc2ccccc2)C(=O)NCC(C)C)cc1. The lowest BCUT2D eigenvalue weighted by Crippen LogP contribution is -2.51. The lowest BCUT2D eigenvalue weighted by Gasteiger charge is -2.32. The van der Waals surface area contributed by atoms with Gasteiger partial charge in [-0.1, -0.05) is 68.4 Å². The number of hydrogen-bond acceptors (Lipinski definition) is 4. The quantitative estimate of drug-likeness (QED) is 0.323. The third kappa shape index (κ3) is 9.25. The molecule has 7 heteroatoms. The number of thioether (sulfide) groups is 1. The van der Waals surface area contributed by atoms with E-state index < -0.39 is 6.04 Å². The first-order chi connectivity index (χ1) is 17.9. The second kappa shape index (κ2) is 14.4. The van der Waals surface area contributed by atoms with E-state index in [1.807, 2.05) is 68.4 Å². The molecule has 0 radical (unpaired) electrons. The van der Waals surface area contributed by atoms with Crippen LogP contribution in [0.5, 0.6) is 5.75 Å². The normalized spacial score (nSPS) is 11.7. The summed E-state index contributed by atoms with van der Waals surface area (Å²) in [4.78, 5) is 28.7. The molecular weight excluding hydrogens is 487 g/mol. The molecule has 196 valence electrons. The van der Waals surface area contributed by atoms with Gasteiger partial charge in [-0.05, 0) is 46.9 Å². The zero-order valence-corrected chi connectivity index (χ0v) is 22.5. The maximum atomic E-state index is 13.6. The Morgan fingerprint density at radius 2 is 1.57 bits per heavy atom. The minimum atomic E-state index is -0.694. The molecule has 0 bridgehead atoms. The van der Waals surface area contributed by atoms with Gasteiger partial charge in [0.05, 0.1) is 12.9 Å². The molecule has 1 atom stereocenters. The van der Waals surface area contributed by atoms with Crippen LogP contribution in [0.1, 0.15) is 30.5 Å². The molecule has 0 aromatic heterocycles. The van der Waals surface area contributed by atoms with Gasteiger partial charge in [0, 0.05) is 25.3 Å². The molecule has 0 heterocycles. The van der Waals surface area contributed by atoms with Crippen LogP contribution in [0.4, 0.5) is 4.39 Å². The standard InChI is InChI=1S/C30H35FN2O3S/c1-22(2)18-32-30(35)28(17-23-7-5-4-6-8-23)33(19-24-9-13-26(31)14-10-24)29(34)21-37-20-25-11-15-27(36-3)16-12-25/h4-16,22,28H,17-21H2,1-3H3,(H,32,35)/t28-/m0/s1. The average Bonchev–Trinajstić information content (AvgIpc) is 2.91. The predicted molar refractivity (Wildman–Crippen MR) is 148 cm³/mol. The third-order valence-corrected chi connectivity index (χ3v) is 6.86. The second-order valence-electron chi connectivity index (χ2n) is 9.33. The Bertz CT molecular complexity index is 1120. The van der Waals surface area contributed by atoms with E-state index in [4.69, 9.17) is 4.74 Å². The Hall–Kier alpha value is -3.32. The van der Waals surface area contributed by atoms with Crippen molar-refractivity contribution in [3.8, 4) is 5.75 Å². The van der Waals surface area contributed by atoms with Crippen molar-refractivity contribution in [1.82, 2.24) is 10.2 Å². The molecule has 1 N–H and O–H groups in total. The number of benzene rings is 3. The minimum absolute atomic E-state index is 0.136. The van der Waals surface area contributed by atoms with Gasteiger partial charge in [0.2, 0.25) is 11.8 Å². The highest BCUT2D eigenvalue weighted by Crippen LogP contribution is 2.20. The molecule has 2 amide bonds. The Balaban J connectivity index is 1.81. The molecule has 3 aromatic rings. The maximum Gasteiger partial charge on any atom is 0.243 e. The lowest BCUT2D eigenvalue weighted by atomic mass is 10.0. The monoisotopic (exact) mass is 522 g/mol. The van der Waals surface area contributed by atoms with E-state index in [0.29, 0.717) is 18.7 Å². The van der Waals surface area contributed by atoms with Crippen LogP contribution in [0.2, 0.25) is 0 Å². The van der Waals surface area contributed by atoms with Gasteiger partial charge in [0.1, 0.15) is 17.6 Å². The van der Waals surface area contributed by atoms with Crippen molar-refractivity contribution in [1.29, 1.82) is 0 Å². The number of methoxy groups -OCH3 is 1. The van der Waals surface area contributed by atoms with E-state index in [-0.39, 0.29) is 35.8 Å². The number of rotatable bonds is 13. The first kappa shape index (κ1) is 28.3. The number of halogens is 1. The van der Waals surface area contributed by atoms with Gasteiger partial charge >= 0.3 is 0 Å². The Kier molecular flexibility index (Phi) is 11.0. The van der Waals surface area contributed by atoms with E-state index in [9.17, 15) is 14.0 Å². The zero-order chi connectivity index (χ0) is 26.6. The average molecular weight is 523 g/mol. The largest absolute Gasteiger partial charge is 0.497 e. The summed E-state index contributed by atoms with van der Waals surface area (Å²) in [6.45, 7) is 4.80. The molecule has 0 saturated carbocycles. The smallest absolute Gasteiger partial charge is 0.243 e. The van der Waals surface area contributed by atoms with Crippen LogP contribution in [0.3, 0.4) is 0 Å². The molecule has 0 unspecified atom stereocenters. The van der Waals surface area contributed by atoms with E-state index in [2.05, 4.69) is 5.32 Å². The maximum absolute atomic E-state index is 13.6. The summed E-state index contributed by atoms with van der Waals surface area (Å²) in [7, 11) is 1.63. The fourth-order valence-electron chi connectivity index (χ4n) is 3.82. The van der Waals surface area contributed by atoms with Gasteiger partial charge < -0.3 is 15.0 Å². The minimum Gasteiger partial charge on any atom is -0.497 e. The predicted octanol–water partition coefficient (Wildman–Crippen LogP) is 5.48. The molecule has 37 heavy (non-hydrogen) atoms. The van der Waals surface area contributed by atoms with Crippen LogP contribution in [0, 0.1) is 11.7 Å². The summed E-state index contributed by atoms with van der Waals surface area (Å²) in [5, 5.41) is 3.01. The van der Waals surface area contributed by atoms with Crippen LogP contribution in [0.15, 0.2) is 78.9 Å².